The molecular weight excluding hydrogens is 290 g/mol. The number of carbonyl (C=O) groups excluding carboxylic acids is 2. The number of ketones is 1. The molecule has 0 spiro atoms. The maximum atomic E-state index is 12.5. The van der Waals surface area contributed by atoms with E-state index < -0.39 is 5.97 Å². The van der Waals surface area contributed by atoms with Crippen LogP contribution < -0.4 is 16.2 Å². The average Bonchev–Trinajstić information content (AvgIpc) is 2.86. The number of rotatable bonds is 5. The maximum absolute atomic E-state index is 12.5. The first-order valence-corrected chi connectivity index (χ1v) is 7.08. The van der Waals surface area contributed by atoms with E-state index in [2.05, 4.69) is 4.98 Å². The Morgan fingerprint density at radius 3 is 2.76 bits per heavy atom. The number of hydrogen-bond acceptors (Lipinski definition) is 7. The number of aryl methyl sites for hydroxylation is 1. The van der Waals surface area contributed by atoms with Gasteiger partial charge in [0.05, 0.1) is 11.6 Å². The molecule has 0 atom stereocenters. The van der Waals surface area contributed by atoms with Crippen LogP contribution in [-0.2, 0) is 11.3 Å². The molecule has 4 N–H and O–H groups in total. The fourth-order valence-corrected chi connectivity index (χ4v) is 2.55. The smallest absolute Gasteiger partial charge is 0.326 e. The molecule has 1 aromatic heterocycles. The van der Waals surface area contributed by atoms with Crippen molar-refractivity contribution in [2.75, 3.05) is 6.54 Å². The Kier molecular flexibility index (Phi) is 4.79. The van der Waals surface area contributed by atoms with E-state index in [1.165, 1.54) is 11.3 Å². The number of benzene rings is 1. The minimum absolute atomic E-state index is 0.0103. The number of carbonyl (C=O) groups is 2. The Bertz CT molecular complexity index is 682. The normalized spacial score (nSPS) is 10.4. The number of nitrogens with two attached hydrogens (primary N) is 2. The zero-order valence-electron chi connectivity index (χ0n) is 11.5. The first-order valence-electron chi connectivity index (χ1n) is 6.27. The quantitative estimate of drug-likeness (QED) is 0.630. The van der Waals surface area contributed by atoms with Crippen molar-refractivity contribution >= 4 is 23.1 Å². The van der Waals surface area contributed by atoms with E-state index in [1.54, 1.807) is 25.1 Å². The van der Waals surface area contributed by atoms with Crippen LogP contribution in [0.1, 0.15) is 25.8 Å². The van der Waals surface area contributed by atoms with Gasteiger partial charge >= 0.3 is 5.97 Å². The highest BCUT2D eigenvalue weighted by molar-refractivity contribution is 7.14. The molecule has 21 heavy (non-hydrogen) atoms. The van der Waals surface area contributed by atoms with Crippen LogP contribution in [0.5, 0.6) is 5.88 Å². The molecule has 0 saturated carbocycles. The first-order chi connectivity index (χ1) is 10.0. The SMILES string of the molecule is Cc1nc(OC(=O)CN)c(C(=O)c2cccc(CN)c2)s1. The lowest BCUT2D eigenvalue weighted by molar-refractivity contribution is -0.133. The van der Waals surface area contributed by atoms with E-state index in [9.17, 15) is 9.59 Å². The Balaban J connectivity index is 2.36. The van der Waals surface area contributed by atoms with Crippen molar-refractivity contribution < 1.29 is 14.3 Å². The molecule has 7 heteroatoms. The molecule has 0 bridgehead atoms. The third kappa shape index (κ3) is 3.52. The second-order valence-electron chi connectivity index (χ2n) is 4.28. The van der Waals surface area contributed by atoms with Crippen LogP contribution in [0.3, 0.4) is 0 Å². The molecule has 0 radical (unpaired) electrons. The van der Waals surface area contributed by atoms with Gasteiger partial charge in [-0.25, -0.2) is 4.98 Å². The van der Waals surface area contributed by atoms with Crippen LogP contribution in [0, 0.1) is 6.92 Å². The highest BCUT2D eigenvalue weighted by atomic mass is 32.1. The largest absolute Gasteiger partial charge is 0.405 e. The van der Waals surface area contributed by atoms with Crippen LogP contribution in [-0.4, -0.2) is 23.3 Å². The Morgan fingerprint density at radius 1 is 1.33 bits per heavy atom. The molecular formula is C14H15N3O3S. The Labute approximate surface area is 125 Å². The fraction of sp³-hybridized carbons (Fsp3) is 0.214. The van der Waals surface area contributed by atoms with E-state index >= 15 is 0 Å². The number of hydrogen-bond donors (Lipinski definition) is 2. The predicted molar refractivity (Wildman–Crippen MR) is 79.3 cm³/mol. The summed E-state index contributed by atoms with van der Waals surface area (Å²) in [7, 11) is 0. The summed E-state index contributed by atoms with van der Waals surface area (Å²) in [6.07, 6.45) is 0. The molecule has 0 unspecified atom stereocenters. The highest BCUT2D eigenvalue weighted by Crippen LogP contribution is 2.28. The van der Waals surface area contributed by atoms with E-state index in [0.717, 1.165) is 5.56 Å². The van der Waals surface area contributed by atoms with Gasteiger partial charge in [-0.15, -0.1) is 11.3 Å². The van der Waals surface area contributed by atoms with Crippen LogP contribution >= 0.6 is 11.3 Å². The monoisotopic (exact) mass is 305 g/mol. The zero-order chi connectivity index (χ0) is 15.4. The Morgan fingerprint density at radius 2 is 2.10 bits per heavy atom. The topological polar surface area (TPSA) is 108 Å². The molecule has 1 heterocycles. The Hall–Kier alpha value is -2.09. The molecule has 0 fully saturated rings. The maximum Gasteiger partial charge on any atom is 0.326 e. The fourth-order valence-electron chi connectivity index (χ4n) is 1.74. The number of ether oxygens (including phenoxy) is 1. The van der Waals surface area contributed by atoms with Crippen LogP contribution in [0.25, 0.3) is 0 Å². The standard InChI is InChI=1S/C14H15N3O3S/c1-8-17-14(20-11(18)7-16)13(21-8)12(19)10-4-2-3-9(5-10)6-15/h2-5H,6-7,15-16H2,1H3. The van der Waals surface area contributed by atoms with Crippen molar-refractivity contribution in [1.82, 2.24) is 4.98 Å². The summed E-state index contributed by atoms with van der Waals surface area (Å²) in [6.45, 7) is 1.81. The highest BCUT2D eigenvalue weighted by Gasteiger charge is 2.21. The molecule has 110 valence electrons. The minimum atomic E-state index is -0.634. The minimum Gasteiger partial charge on any atom is -0.405 e. The molecule has 0 amide bonds. The molecule has 0 aliphatic heterocycles. The zero-order valence-corrected chi connectivity index (χ0v) is 12.3. The van der Waals surface area contributed by atoms with Gasteiger partial charge in [0.25, 0.3) is 0 Å². The van der Waals surface area contributed by atoms with E-state index in [4.69, 9.17) is 16.2 Å². The molecule has 1 aromatic carbocycles. The van der Waals surface area contributed by atoms with Crippen molar-refractivity contribution in [2.45, 2.75) is 13.5 Å². The van der Waals surface area contributed by atoms with Gasteiger partial charge < -0.3 is 16.2 Å². The van der Waals surface area contributed by atoms with Gasteiger partial charge in [0.2, 0.25) is 11.7 Å². The van der Waals surface area contributed by atoms with Crippen LogP contribution in [0.15, 0.2) is 24.3 Å². The molecule has 0 saturated heterocycles. The summed E-state index contributed by atoms with van der Waals surface area (Å²) in [5, 5.41) is 0.633. The molecule has 2 rings (SSSR count). The summed E-state index contributed by atoms with van der Waals surface area (Å²) in [5.74, 6) is -0.878. The summed E-state index contributed by atoms with van der Waals surface area (Å²) < 4.78 is 5.00. The second-order valence-corrected chi connectivity index (χ2v) is 5.48. The van der Waals surface area contributed by atoms with Gasteiger partial charge in [0.15, 0.2) is 0 Å². The summed E-state index contributed by atoms with van der Waals surface area (Å²) >= 11 is 1.17. The summed E-state index contributed by atoms with van der Waals surface area (Å²) in [4.78, 5) is 28.2. The van der Waals surface area contributed by atoms with Gasteiger partial charge in [0, 0.05) is 12.1 Å². The third-order valence-corrected chi connectivity index (χ3v) is 3.66. The van der Waals surface area contributed by atoms with E-state index in [-0.39, 0.29) is 23.1 Å². The summed E-state index contributed by atoms with van der Waals surface area (Å²) in [6, 6.07) is 7.00. The summed E-state index contributed by atoms with van der Waals surface area (Å²) in [5.41, 5.74) is 12.1. The van der Waals surface area contributed by atoms with Crippen molar-refractivity contribution in [2.24, 2.45) is 11.5 Å². The lowest BCUT2D eigenvalue weighted by Crippen LogP contribution is -2.20. The number of thiazole rings is 1. The third-order valence-electron chi connectivity index (χ3n) is 2.71. The van der Waals surface area contributed by atoms with Crippen molar-refractivity contribution in [3.63, 3.8) is 0 Å². The molecule has 0 aliphatic rings. The number of aromatic nitrogens is 1. The lowest BCUT2D eigenvalue weighted by Gasteiger charge is -2.04. The van der Waals surface area contributed by atoms with Gasteiger partial charge in [-0.1, -0.05) is 18.2 Å². The van der Waals surface area contributed by atoms with Gasteiger partial charge in [-0.2, -0.15) is 0 Å². The van der Waals surface area contributed by atoms with Gasteiger partial charge in [-0.3, -0.25) is 9.59 Å². The number of esters is 1. The molecule has 6 nitrogen and oxygen atoms in total. The van der Waals surface area contributed by atoms with Gasteiger partial charge in [0.1, 0.15) is 4.88 Å². The van der Waals surface area contributed by atoms with Crippen molar-refractivity contribution in [1.29, 1.82) is 0 Å². The first kappa shape index (κ1) is 15.3. The predicted octanol–water partition coefficient (Wildman–Crippen LogP) is 1.01. The van der Waals surface area contributed by atoms with Crippen LogP contribution in [0.2, 0.25) is 0 Å². The molecule has 0 aliphatic carbocycles. The van der Waals surface area contributed by atoms with Gasteiger partial charge in [-0.05, 0) is 18.6 Å². The van der Waals surface area contributed by atoms with Crippen molar-refractivity contribution in [3.8, 4) is 5.88 Å². The van der Waals surface area contributed by atoms with Crippen LogP contribution in [0.4, 0.5) is 0 Å². The van der Waals surface area contributed by atoms with E-state index in [1.807, 2.05) is 6.07 Å². The number of nitrogens with zero attached hydrogens (tertiary/aromatic N) is 1. The second kappa shape index (κ2) is 6.57. The molecule has 2 aromatic rings. The average molecular weight is 305 g/mol. The van der Waals surface area contributed by atoms with Crippen molar-refractivity contribution in [3.05, 3.63) is 45.3 Å². The van der Waals surface area contributed by atoms with E-state index in [0.29, 0.717) is 17.1 Å². The lowest BCUT2D eigenvalue weighted by atomic mass is 10.1.